The molecule has 0 bridgehead atoms. The number of alkyl halides is 3. The first-order valence-corrected chi connectivity index (χ1v) is 11.4. The lowest BCUT2D eigenvalue weighted by molar-refractivity contribution is -0.137. The Hall–Kier alpha value is -3.67. The average molecular weight is 487 g/mol. The van der Waals surface area contributed by atoms with Crippen LogP contribution in [0.3, 0.4) is 0 Å². The van der Waals surface area contributed by atoms with Gasteiger partial charge in [-0.2, -0.15) is 33.2 Å². The van der Waals surface area contributed by atoms with Gasteiger partial charge in [0, 0.05) is 31.7 Å². The van der Waals surface area contributed by atoms with E-state index in [4.69, 9.17) is 9.15 Å². The Morgan fingerprint density at radius 3 is 2.34 bits per heavy atom. The number of furan rings is 1. The Bertz CT molecular complexity index is 1190. The van der Waals surface area contributed by atoms with E-state index in [-0.39, 0.29) is 0 Å². The van der Waals surface area contributed by atoms with Crippen molar-refractivity contribution >= 4 is 24.1 Å². The van der Waals surface area contributed by atoms with Gasteiger partial charge >= 0.3 is 6.18 Å². The minimum Gasteiger partial charge on any atom is -0.455 e. The van der Waals surface area contributed by atoms with E-state index in [1.165, 1.54) is 12.3 Å². The Morgan fingerprint density at radius 2 is 1.63 bits per heavy atom. The zero-order valence-electron chi connectivity index (χ0n) is 18.8. The van der Waals surface area contributed by atoms with E-state index in [0.717, 1.165) is 38.1 Å². The molecule has 1 aromatic carbocycles. The lowest BCUT2D eigenvalue weighted by Crippen LogP contribution is -2.38. The second kappa shape index (κ2) is 9.90. The zero-order valence-corrected chi connectivity index (χ0v) is 18.8. The summed E-state index contributed by atoms with van der Waals surface area (Å²) >= 11 is 0. The molecule has 0 saturated carbocycles. The molecule has 0 amide bonds. The Kier molecular flexibility index (Phi) is 6.53. The third kappa shape index (κ3) is 5.53. The first-order valence-electron chi connectivity index (χ1n) is 11.4. The van der Waals surface area contributed by atoms with Gasteiger partial charge in [0.1, 0.15) is 11.5 Å². The van der Waals surface area contributed by atoms with Gasteiger partial charge in [0.15, 0.2) is 0 Å². The van der Waals surface area contributed by atoms with Gasteiger partial charge in [-0.1, -0.05) is 12.1 Å². The normalized spacial score (nSPS) is 16.9. The number of nitrogens with zero attached hydrogens (tertiary/aromatic N) is 6. The van der Waals surface area contributed by atoms with Gasteiger partial charge in [-0.3, -0.25) is 0 Å². The highest BCUT2D eigenvalue weighted by Gasteiger charge is 2.30. The van der Waals surface area contributed by atoms with E-state index in [2.05, 4.69) is 30.4 Å². The van der Waals surface area contributed by atoms with Gasteiger partial charge in [-0.05, 0) is 37.1 Å². The van der Waals surface area contributed by atoms with E-state index < -0.39 is 11.7 Å². The van der Waals surface area contributed by atoms with Crippen LogP contribution in [0.25, 0.3) is 11.3 Å². The van der Waals surface area contributed by atoms with Crippen LogP contribution in [0, 0.1) is 0 Å². The van der Waals surface area contributed by atoms with Crippen molar-refractivity contribution in [1.82, 2.24) is 15.0 Å². The van der Waals surface area contributed by atoms with Gasteiger partial charge < -0.3 is 19.0 Å². The number of nitrogens with one attached hydrogen (secondary N) is 1. The number of hydrogen-bond acceptors (Lipinski definition) is 9. The number of anilines is 3. The molecule has 9 nitrogen and oxygen atoms in total. The van der Waals surface area contributed by atoms with Gasteiger partial charge in [0.25, 0.3) is 0 Å². The predicted molar refractivity (Wildman–Crippen MR) is 125 cm³/mol. The molecule has 2 aliphatic heterocycles. The molecule has 2 fully saturated rings. The highest BCUT2D eigenvalue weighted by molar-refractivity contribution is 5.78. The number of hydrogen-bond donors (Lipinski definition) is 1. The molecular formula is C23H24F3N7O2. The molecule has 4 heterocycles. The Labute approximate surface area is 199 Å². The van der Waals surface area contributed by atoms with E-state index in [9.17, 15) is 13.2 Å². The fraction of sp³-hybridized carbons (Fsp3) is 0.391. The summed E-state index contributed by atoms with van der Waals surface area (Å²) in [7, 11) is 0. The monoisotopic (exact) mass is 487 g/mol. The maximum Gasteiger partial charge on any atom is 0.416 e. The molecule has 2 aromatic heterocycles. The summed E-state index contributed by atoms with van der Waals surface area (Å²) in [6, 6.07) is 8.21. The van der Waals surface area contributed by atoms with E-state index >= 15 is 0 Å². The van der Waals surface area contributed by atoms with Crippen molar-refractivity contribution in [2.45, 2.75) is 19.0 Å². The van der Waals surface area contributed by atoms with Crippen LogP contribution in [0.4, 0.5) is 31.0 Å². The lowest BCUT2D eigenvalue weighted by Gasteiger charge is -2.27. The Balaban J connectivity index is 1.32. The van der Waals surface area contributed by atoms with Crippen molar-refractivity contribution in [3.63, 3.8) is 0 Å². The standard InChI is InChI=1S/C23H24F3N7O2/c24-23(25,26)17-5-3-4-16(14-17)19-7-6-18(35-19)15-27-31-20-28-21(32-8-1-2-9-32)30-22(29-20)33-10-12-34-13-11-33/h3-7,14-15H,1-2,8-13H2,(H,28,29,30,31)/b27-15-. The van der Waals surface area contributed by atoms with Crippen LogP contribution in [0.1, 0.15) is 24.2 Å². The lowest BCUT2D eigenvalue weighted by atomic mass is 10.1. The number of aromatic nitrogens is 3. The van der Waals surface area contributed by atoms with Gasteiger partial charge in [0.2, 0.25) is 17.8 Å². The molecule has 0 unspecified atom stereocenters. The molecule has 0 atom stereocenters. The van der Waals surface area contributed by atoms with Crippen molar-refractivity contribution in [3.05, 3.63) is 47.7 Å². The van der Waals surface area contributed by atoms with Crippen LogP contribution in [0.15, 0.2) is 45.9 Å². The Morgan fingerprint density at radius 1 is 0.914 bits per heavy atom. The number of halogens is 3. The average Bonchev–Trinajstić information content (AvgIpc) is 3.57. The third-order valence-electron chi connectivity index (χ3n) is 5.75. The van der Waals surface area contributed by atoms with Crippen LogP contribution < -0.4 is 15.2 Å². The van der Waals surface area contributed by atoms with Crippen molar-refractivity contribution in [1.29, 1.82) is 0 Å². The van der Waals surface area contributed by atoms with Crippen LogP contribution in [0.5, 0.6) is 0 Å². The van der Waals surface area contributed by atoms with Gasteiger partial charge in [0.05, 0.1) is 25.0 Å². The topological polar surface area (TPSA) is 91.9 Å². The summed E-state index contributed by atoms with van der Waals surface area (Å²) in [6.45, 7) is 4.38. The summed E-state index contributed by atoms with van der Waals surface area (Å²) in [5, 5.41) is 4.17. The first kappa shape index (κ1) is 23.1. The van der Waals surface area contributed by atoms with Gasteiger partial charge in [-0.25, -0.2) is 5.43 Å². The van der Waals surface area contributed by atoms with Crippen molar-refractivity contribution in [2.24, 2.45) is 5.10 Å². The molecule has 35 heavy (non-hydrogen) atoms. The second-order valence-corrected chi connectivity index (χ2v) is 8.20. The maximum absolute atomic E-state index is 13.0. The van der Waals surface area contributed by atoms with Gasteiger partial charge in [-0.15, -0.1) is 0 Å². The highest BCUT2D eigenvalue weighted by Crippen LogP contribution is 2.32. The number of benzene rings is 1. The molecule has 5 rings (SSSR count). The number of hydrazone groups is 1. The highest BCUT2D eigenvalue weighted by atomic mass is 19.4. The van der Waals surface area contributed by atoms with Crippen LogP contribution in [-0.2, 0) is 10.9 Å². The van der Waals surface area contributed by atoms with Crippen molar-refractivity contribution < 1.29 is 22.3 Å². The molecule has 12 heteroatoms. The number of ether oxygens (including phenoxy) is 1. The fourth-order valence-electron chi connectivity index (χ4n) is 3.95. The predicted octanol–water partition coefficient (Wildman–Crippen LogP) is 4.03. The largest absolute Gasteiger partial charge is 0.455 e. The molecule has 2 aliphatic rings. The molecule has 0 spiro atoms. The van der Waals surface area contributed by atoms with E-state index in [0.29, 0.717) is 61.2 Å². The van der Waals surface area contributed by atoms with Crippen LogP contribution in [-0.4, -0.2) is 60.6 Å². The van der Waals surface area contributed by atoms with Crippen LogP contribution >= 0.6 is 0 Å². The number of morpholine rings is 1. The fourth-order valence-corrected chi connectivity index (χ4v) is 3.95. The minimum absolute atomic E-state index is 0.296. The van der Waals surface area contributed by atoms with Crippen molar-refractivity contribution in [3.8, 4) is 11.3 Å². The summed E-state index contributed by atoms with van der Waals surface area (Å²) in [5.74, 6) is 2.13. The second-order valence-electron chi connectivity index (χ2n) is 8.20. The summed E-state index contributed by atoms with van der Waals surface area (Å²) in [4.78, 5) is 17.8. The summed E-state index contributed by atoms with van der Waals surface area (Å²) in [5.41, 5.74) is 2.42. The molecule has 0 aliphatic carbocycles. The minimum atomic E-state index is -4.42. The summed E-state index contributed by atoms with van der Waals surface area (Å²) in [6.07, 6.45) is -0.821. The molecular weight excluding hydrogens is 463 g/mol. The van der Waals surface area contributed by atoms with Crippen LogP contribution in [0.2, 0.25) is 0 Å². The van der Waals surface area contributed by atoms with Crippen molar-refractivity contribution in [2.75, 3.05) is 54.6 Å². The quantitative estimate of drug-likeness (QED) is 0.412. The molecule has 2 saturated heterocycles. The molecule has 0 radical (unpaired) electrons. The molecule has 3 aromatic rings. The number of rotatable bonds is 6. The van der Waals surface area contributed by atoms with E-state index in [1.54, 1.807) is 18.2 Å². The SMILES string of the molecule is FC(F)(F)c1cccc(-c2ccc(/C=N\Nc3nc(N4CCCC4)nc(N4CCOCC4)n3)o2)c1. The summed E-state index contributed by atoms with van der Waals surface area (Å²) < 4.78 is 50.1. The molecule has 184 valence electrons. The smallest absolute Gasteiger partial charge is 0.416 e. The van der Waals surface area contributed by atoms with E-state index in [1.807, 2.05) is 4.90 Å². The maximum atomic E-state index is 13.0. The first-order chi connectivity index (χ1) is 17.0. The zero-order chi connectivity index (χ0) is 24.3. The molecule has 1 N–H and O–H groups in total. The third-order valence-corrected chi connectivity index (χ3v) is 5.75.